The Labute approximate surface area is 122 Å². The van der Waals surface area contributed by atoms with Crippen molar-refractivity contribution in [3.8, 4) is 11.8 Å². The summed E-state index contributed by atoms with van der Waals surface area (Å²) in [4.78, 5) is 14.3. The number of benzene rings is 1. The number of amides is 1. The zero-order valence-corrected chi connectivity index (χ0v) is 12.9. The van der Waals surface area contributed by atoms with Crippen molar-refractivity contribution < 1.29 is 4.79 Å². The first-order chi connectivity index (χ1) is 9.45. The molecule has 0 spiro atoms. The minimum absolute atomic E-state index is 0.0238. The number of hydrogen-bond donors (Lipinski definition) is 1. The average Bonchev–Trinajstić information content (AvgIpc) is 2.42. The summed E-state index contributed by atoms with van der Waals surface area (Å²) in [6.45, 7) is 7.34. The Morgan fingerprint density at radius 3 is 2.70 bits per heavy atom. The van der Waals surface area contributed by atoms with E-state index in [0.29, 0.717) is 18.0 Å². The fourth-order valence-electron chi connectivity index (χ4n) is 1.85. The molecule has 20 heavy (non-hydrogen) atoms. The predicted octanol–water partition coefficient (Wildman–Crippen LogP) is 2.42. The number of aryl methyl sites for hydroxylation is 1. The van der Waals surface area contributed by atoms with Crippen molar-refractivity contribution >= 4 is 5.91 Å². The smallest absolute Gasteiger partial charge is 0.254 e. The van der Waals surface area contributed by atoms with Crippen LogP contribution in [0.3, 0.4) is 0 Å². The van der Waals surface area contributed by atoms with Gasteiger partial charge in [0.1, 0.15) is 0 Å². The number of nitrogens with two attached hydrogens (primary N) is 1. The molecule has 0 aliphatic rings. The summed E-state index contributed by atoms with van der Waals surface area (Å²) in [5.74, 6) is 6.40. The summed E-state index contributed by atoms with van der Waals surface area (Å²) in [5, 5.41) is 0. The van der Waals surface area contributed by atoms with E-state index in [0.717, 1.165) is 24.1 Å². The molecule has 0 radical (unpaired) electrons. The molecule has 0 aromatic heterocycles. The van der Waals surface area contributed by atoms with Crippen molar-refractivity contribution in [1.82, 2.24) is 4.90 Å². The summed E-state index contributed by atoms with van der Waals surface area (Å²) >= 11 is 0. The SMILES string of the molecule is Cc1ccc(C#CCN)c(C(=O)N(C)CCC(C)C)c1. The first-order valence-corrected chi connectivity index (χ1v) is 7.00. The van der Waals surface area contributed by atoms with Gasteiger partial charge in [0.15, 0.2) is 0 Å². The van der Waals surface area contributed by atoms with E-state index in [9.17, 15) is 4.79 Å². The van der Waals surface area contributed by atoms with Gasteiger partial charge in [-0.2, -0.15) is 0 Å². The second kappa shape index (κ2) is 7.72. The van der Waals surface area contributed by atoms with Crippen molar-refractivity contribution in [3.63, 3.8) is 0 Å². The highest BCUT2D eigenvalue weighted by atomic mass is 16.2. The Balaban J connectivity index is 2.98. The van der Waals surface area contributed by atoms with Crippen LogP contribution in [0.4, 0.5) is 0 Å². The summed E-state index contributed by atoms with van der Waals surface area (Å²) in [7, 11) is 1.84. The second-order valence-corrected chi connectivity index (χ2v) is 5.46. The molecule has 0 heterocycles. The van der Waals surface area contributed by atoms with Gasteiger partial charge in [0.25, 0.3) is 5.91 Å². The molecule has 0 unspecified atom stereocenters. The molecule has 108 valence electrons. The minimum atomic E-state index is 0.0238. The van der Waals surface area contributed by atoms with Gasteiger partial charge < -0.3 is 10.6 Å². The second-order valence-electron chi connectivity index (χ2n) is 5.46. The van der Waals surface area contributed by atoms with Gasteiger partial charge in [0.05, 0.1) is 12.1 Å². The maximum Gasteiger partial charge on any atom is 0.254 e. The van der Waals surface area contributed by atoms with Crippen LogP contribution in [0.5, 0.6) is 0 Å². The van der Waals surface area contributed by atoms with Crippen LogP contribution in [0, 0.1) is 24.7 Å². The van der Waals surface area contributed by atoms with E-state index in [-0.39, 0.29) is 5.91 Å². The molecule has 0 saturated carbocycles. The number of carbonyl (C=O) groups excluding carboxylic acids is 1. The highest BCUT2D eigenvalue weighted by Gasteiger charge is 2.15. The van der Waals surface area contributed by atoms with Gasteiger partial charge in [-0.1, -0.05) is 37.3 Å². The van der Waals surface area contributed by atoms with Crippen LogP contribution in [-0.2, 0) is 0 Å². The molecule has 3 heteroatoms. The summed E-state index contributed by atoms with van der Waals surface area (Å²) in [6.07, 6.45) is 0.998. The van der Waals surface area contributed by atoms with Crippen molar-refractivity contribution in [1.29, 1.82) is 0 Å². The molecule has 1 amide bonds. The molecule has 1 rings (SSSR count). The molecule has 0 aliphatic heterocycles. The molecule has 3 nitrogen and oxygen atoms in total. The number of carbonyl (C=O) groups is 1. The lowest BCUT2D eigenvalue weighted by Crippen LogP contribution is -2.29. The highest BCUT2D eigenvalue weighted by Crippen LogP contribution is 2.14. The zero-order chi connectivity index (χ0) is 15.1. The van der Waals surface area contributed by atoms with Crippen molar-refractivity contribution in [2.45, 2.75) is 27.2 Å². The Morgan fingerprint density at radius 2 is 2.10 bits per heavy atom. The normalized spacial score (nSPS) is 10.1. The molecule has 0 saturated heterocycles. The fraction of sp³-hybridized carbons (Fsp3) is 0.471. The van der Waals surface area contributed by atoms with Crippen LogP contribution >= 0.6 is 0 Å². The summed E-state index contributed by atoms with van der Waals surface area (Å²) in [6, 6.07) is 5.75. The lowest BCUT2D eigenvalue weighted by Gasteiger charge is -2.19. The lowest BCUT2D eigenvalue weighted by molar-refractivity contribution is 0.0789. The third kappa shape index (κ3) is 4.71. The third-order valence-corrected chi connectivity index (χ3v) is 3.12. The molecule has 0 atom stereocenters. The lowest BCUT2D eigenvalue weighted by atomic mass is 10.0. The molecule has 0 aliphatic carbocycles. The van der Waals surface area contributed by atoms with Gasteiger partial charge in [-0.15, -0.1) is 0 Å². The molecule has 1 aromatic carbocycles. The van der Waals surface area contributed by atoms with Crippen LogP contribution < -0.4 is 5.73 Å². The number of rotatable bonds is 4. The van der Waals surface area contributed by atoms with Crippen LogP contribution in [0.2, 0.25) is 0 Å². The van der Waals surface area contributed by atoms with E-state index in [1.807, 2.05) is 32.2 Å². The topological polar surface area (TPSA) is 46.3 Å². The van der Waals surface area contributed by atoms with E-state index < -0.39 is 0 Å². The monoisotopic (exact) mass is 272 g/mol. The molecule has 1 aromatic rings. The molecule has 0 bridgehead atoms. The Morgan fingerprint density at radius 1 is 1.40 bits per heavy atom. The Kier molecular flexibility index (Phi) is 6.27. The number of hydrogen-bond acceptors (Lipinski definition) is 2. The molecule has 2 N–H and O–H groups in total. The molecule has 0 fully saturated rings. The van der Waals surface area contributed by atoms with E-state index in [1.165, 1.54) is 0 Å². The summed E-state index contributed by atoms with van der Waals surface area (Å²) < 4.78 is 0. The van der Waals surface area contributed by atoms with E-state index >= 15 is 0 Å². The van der Waals surface area contributed by atoms with Crippen LogP contribution in [0.1, 0.15) is 41.8 Å². The van der Waals surface area contributed by atoms with E-state index in [1.54, 1.807) is 4.90 Å². The van der Waals surface area contributed by atoms with Gasteiger partial charge >= 0.3 is 0 Å². The van der Waals surface area contributed by atoms with Gasteiger partial charge in [0, 0.05) is 19.2 Å². The molecular weight excluding hydrogens is 248 g/mol. The highest BCUT2D eigenvalue weighted by molar-refractivity contribution is 5.96. The third-order valence-electron chi connectivity index (χ3n) is 3.12. The minimum Gasteiger partial charge on any atom is -0.342 e. The summed E-state index contributed by atoms with van der Waals surface area (Å²) in [5.41, 5.74) is 7.88. The Hall–Kier alpha value is -1.79. The standard InChI is InChI=1S/C17H24N2O/c1-13(2)9-11-19(4)17(20)16-12-14(3)7-8-15(16)6-5-10-18/h7-8,12-13H,9-11,18H2,1-4H3. The van der Waals surface area contributed by atoms with Gasteiger partial charge in [-0.05, 0) is 31.4 Å². The van der Waals surface area contributed by atoms with Crippen molar-refractivity contribution in [2.24, 2.45) is 11.7 Å². The van der Waals surface area contributed by atoms with Crippen LogP contribution in [0.25, 0.3) is 0 Å². The fourth-order valence-corrected chi connectivity index (χ4v) is 1.85. The van der Waals surface area contributed by atoms with Gasteiger partial charge in [0.2, 0.25) is 0 Å². The predicted molar refractivity (Wildman–Crippen MR) is 83.5 cm³/mol. The average molecular weight is 272 g/mol. The largest absolute Gasteiger partial charge is 0.342 e. The maximum atomic E-state index is 12.5. The molecular formula is C17H24N2O. The van der Waals surface area contributed by atoms with E-state index in [4.69, 9.17) is 5.73 Å². The first kappa shape index (κ1) is 16.3. The van der Waals surface area contributed by atoms with Crippen molar-refractivity contribution in [2.75, 3.05) is 20.1 Å². The zero-order valence-electron chi connectivity index (χ0n) is 12.9. The Bertz CT molecular complexity index is 524. The first-order valence-electron chi connectivity index (χ1n) is 7.00. The van der Waals surface area contributed by atoms with E-state index in [2.05, 4.69) is 25.7 Å². The van der Waals surface area contributed by atoms with Gasteiger partial charge in [-0.3, -0.25) is 4.79 Å². The maximum absolute atomic E-state index is 12.5. The van der Waals surface area contributed by atoms with Gasteiger partial charge in [-0.25, -0.2) is 0 Å². The quantitative estimate of drug-likeness (QED) is 0.856. The van der Waals surface area contributed by atoms with Crippen LogP contribution in [-0.4, -0.2) is 30.9 Å². The van der Waals surface area contributed by atoms with Crippen LogP contribution in [0.15, 0.2) is 18.2 Å². The number of nitrogens with zero attached hydrogens (tertiary/aromatic N) is 1. The van der Waals surface area contributed by atoms with Crippen molar-refractivity contribution in [3.05, 3.63) is 34.9 Å².